The van der Waals surface area contributed by atoms with Gasteiger partial charge in [0, 0.05) is 31.4 Å². The molecule has 2 aromatic carbocycles. The molecule has 3 rings (SSSR count). The van der Waals surface area contributed by atoms with E-state index in [1.807, 2.05) is 18.2 Å². The number of rotatable bonds is 5. The molecule has 0 spiro atoms. The number of nitrogen functional groups attached to an aromatic ring is 1. The monoisotopic (exact) mass is 328 g/mol. The number of fused-ring (bicyclic) bond motifs is 1. The van der Waals surface area contributed by atoms with E-state index < -0.39 is 0 Å². The van der Waals surface area contributed by atoms with Gasteiger partial charge in [-0.3, -0.25) is 4.90 Å². The van der Waals surface area contributed by atoms with E-state index in [2.05, 4.69) is 17.0 Å². The molecule has 1 aliphatic heterocycles. The van der Waals surface area contributed by atoms with E-state index in [4.69, 9.17) is 19.9 Å². The summed E-state index contributed by atoms with van der Waals surface area (Å²) in [5.74, 6) is 2.30. The second kappa shape index (κ2) is 7.01. The summed E-state index contributed by atoms with van der Waals surface area (Å²) < 4.78 is 16.0. The van der Waals surface area contributed by atoms with Gasteiger partial charge in [-0.15, -0.1) is 0 Å². The van der Waals surface area contributed by atoms with E-state index in [-0.39, 0.29) is 0 Å². The highest BCUT2D eigenvalue weighted by Crippen LogP contribution is 2.33. The maximum Gasteiger partial charge on any atom is 0.162 e. The molecule has 128 valence electrons. The fourth-order valence-electron chi connectivity index (χ4n) is 3.16. The van der Waals surface area contributed by atoms with Crippen LogP contribution in [0, 0.1) is 0 Å². The molecule has 0 aromatic heterocycles. The summed E-state index contributed by atoms with van der Waals surface area (Å²) >= 11 is 0. The van der Waals surface area contributed by atoms with Crippen molar-refractivity contribution in [3.8, 4) is 17.2 Å². The Morgan fingerprint density at radius 3 is 2.42 bits per heavy atom. The summed E-state index contributed by atoms with van der Waals surface area (Å²) in [6.45, 7) is 2.69. The molecule has 1 heterocycles. The van der Waals surface area contributed by atoms with Gasteiger partial charge in [-0.05, 0) is 41.3 Å². The Hall–Kier alpha value is -2.40. The highest BCUT2D eigenvalue weighted by atomic mass is 16.5. The maximum atomic E-state index is 6.19. The first-order chi connectivity index (χ1) is 11.6. The summed E-state index contributed by atoms with van der Waals surface area (Å²) in [5.41, 5.74) is 10.7. The van der Waals surface area contributed by atoms with Crippen LogP contribution >= 0.6 is 0 Å². The molecule has 0 saturated carbocycles. The zero-order valence-electron chi connectivity index (χ0n) is 14.5. The van der Waals surface area contributed by atoms with Crippen molar-refractivity contribution >= 4 is 5.69 Å². The zero-order chi connectivity index (χ0) is 17.1. The van der Waals surface area contributed by atoms with Gasteiger partial charge in [-0.2, -0.15) is 0 Å². The molecule has 2 aromatic rings. The topological polar surface area (TPSA) is 57.0 Å². The van der Waals surface area contributed by atoms with Crippen molar-refractivity contribution in [3.05, 3.63) is 47.0 Å². The normalized spacial score (nSPS) is 14.1. The van der Waals surface area contributed by atoms with Gasteiger partial charge in [0.15, 0.2) is 11.5 Å². The van der Waals surface area contributed by atoms with Crippen molar-refractivity contribution in [3.63, 3.8) is 0 Å². The SMILES string of the molecule is COc1ccc2c(c1)CCN(Cc1cc(OC)c(OC)cc1N)C2. The lowest BCUT2D eigenvalue weighted by Crippen LogP contribution is -2.30. The van der Waals surface area contributed by atoms with Crippen molar-refractivity contribution in [2.75, 3.05) is 33.6 Å². The van der Waals surface area contributed by atoms with E-state index in [9.17, 15) is 0 Å². The smallest absolute Gasteiger partial charge is 0.162 e. The average Bonchev–Trinajstić information content (AvgIpc) is 2.62. The first-order valence-corrected chi connectivity index (χ1v) is 8.03. The van der Waals surface area contributed by atoms with Gasteiger partial charge >= 0.3 is 0 Å². The Kier molecular flexibility index (Phi) is 4.81. The molecule has 0 atom stereocenters. The van der Waals surface area contributed by atoms with Crippen molar-refractivity contribution < 1.29 is 14.2 Å². The number of nitrogens with zero attached hydrogens (tertiary/aromatic N) is 1. The van der Waals surface area contributed by atoms with Gasteiger partial charge in [0.1, 0.15) is 5.75 Å². The molecule has 5 nitrogen and oxygen atoms in total. The third-order valence-corrected chi connectivity index (χ3v) is 4.54. The van der Waals surface area contributed by atoms with Crippen molar-refractivity contribution in [1.29, 1.82) is 0 Å². The molecule has 0 radical (unpaired) electrons. The molecule has 24 heavy (non-hydrogen) atoms. The molecular formula is C19H24N2O3. The van der Waals surface area contributed by atoms with Gasteiger partial charge in [-0.1, -0.05) is 6.07 Å². The van der Waals surface area contributed by atoms with E-state index in [0.717, 1.165) is 43.1 Å². The Balaban J connectivity index is 1.77. The fourth-order valence-corrected chi connectivity index (χ4v) is 3.16. The molecule has 0 saturated heterocycles. The second-order valence-electron chi connectivity index (χ2n) is 6.00. The molecule has 0 aliphatic carbocycles. The van der Waals surface area contributed by atoms with Crippen LogP contribution in [0.2, 0.25) is 0 Å². The largest absolute Gasteiger partial charge is 0.497 e. The third-order valence-electron chi connectivity index (χ3n) is 4.54. The minimum Gasteiger partial charge on any atom is -0.497 e. The van der Waals surface area contributed by atoms with Crippen LogP contribution in [-0.2, 0) is 19.5 Å². The quantitative estimate of drug-likeness (QED) is 0.855. The highest BCUT2D eigenvalue weighted by molar-refractivity contribution is 5.58. The lowest BCUT2D eigenvalue weighted by Gasteiger charge is -2.29. The van der Waals surface area contributed by atoms with Gasteiger partial charge in [0.25, 0.3) is 0 Å². The Bertz CT molecular complexity index is 731. The van der Waals surface area contributed by atoms with E-state index in [1.54, 1.807) is 21.3 Å². The lowest BCUT2D eigenvalue weighted by molar-refractivity contribution is 0.245. The van der Waals surface area contributed by atoms with Crippen LogP contribution in [0.15, 0.2) is 30.3 Å². The molecular weight excluding hydrogens is 304 g/mol. The van der Waals surface area contributed by atoms with E-state index >= 15 is 0 Å². The number of benzene rings is 2. The molecule has 0 unspecified atom stereocenters. The molecule has 1 aliphatic rings. The van der Waals surface area contributed by atoms with Crippen LogP contribution < -0.4 is 19.9 Å². The molecule has 0 bridgehead atoms. The van der Waals surface area contributed by atoms with Gasteiger partial charge in [-0.25, -0.2) is 0 Å². The maximum absolute atomic E-state index is 6.19. The van der Waals surface area contributed by atoms with Crippen LogP contribution in [0.1, 0.15) is 16.7 Å². The number of methoxy groups -OCH3 is 3. The van der Waals surface area contributed by atoms with E-state index in [0.29, 0.717) is 11.5 Å². The minimum absolute atomic E-state index is 0.662. The minimum atomic E-state index is 0.662. The third kappa shape index (κ3) is 3.26. The van der Waals surface area contributed by atoms with Crippen LogP contribution in [0.3, 0.4) is 0 Å². The van der Waals surface area contributed by atoms with Crippen LogP contribution in [0.4, 0.5) is 5.69 Å². The molecule has 5 heteroatoms. The summed E-state index contributed by atoms with van der Waals surface area (Å²) in [6, 6.07) is 10.1. The van der Waals surface area contributed by atoms with E-state index in [1.165, 1.54) is 11.1 Å². The number of hydrogen-bond acceptors (Lipinski definition) is 5. The van der Waals surface area contributed by atoms with Gasteiger partial charge in [0.2, 0.25) is 0 Å². The Morgan fingerprint density at radius 2 is 1.71 bits per heavy atom. The summed E-state index contributed by atoms with van der Waals surface area (Å²) in [7, 11) is 4.96. The van der Waals surface area contributed by atoms with Crippen molar-refractivity contribution in [2.45, 2.75) is 19.5 Å². The number of anilines is 1. The number of nitrogens with two attached hydrogens (primary N) is 1. The van der Waals surface area contributed by atoms with Crippen molar-refractivity contribution in [2.24, 2.45) is 0 Å². The highest BCUT2D eigenvalue weighted by Gasteiger charge is 2.19. The van der Waals surface area contributed by atoms with Crippen LogP contribution in [-0.4, -0.2) is 32.8 Å². The zero-order valence-corrected chi connectivity index (χ0v) is 14.5. The molecule has 0 fully saturated rings. The summed E-state index contributed by atoms with van der Waals surface area (Å²) in [6.07, 6.45) is 1.01. The van der Waals surface area contributed by atoms with Crippen molar-refractivity contribution in [1.82, 2.24) is 4.90 Å². The number of hydrogen-bond donors (Lipinski definition) is 1. The summed E-state index contributed by atoms with van der Waals surface area (Å²) in [4.78, 5) is 2.40. The predicted octanol–water partition coefficient (Wildman–Crippen LogP) is 2.85. The van der Waals surface area contributed by atoms with Crippen LogP contribution in [0.5, 0.6) is 17.2 Å². The lowest BCUT2D eigenvalue weighted by atomic mass is 9.98. The van der Waals surface area contributed by atoms with Gasteiger partial charge in [0.05, 0.1) is 21.3 Å². The summed E-state index contributed by atoms with van der Waals surface area (Å²) in [5, 5.41) is 0. The number of ether oxygens (including phenoxy) is 3. The Morgan fingerprint density at radius 1 is 0.958 bits per heavy atom. The second-order valence-corrected chi connectivity index (χ2v) is 6.00. The fraction of sp³-hybridized carbons (Fsp3) is 0.368. The standard InChI is InChI=1S/C19H24N2O3/c1-22-16-5-4-14-11-21(7-6-13(14)8-16)12-15-9-18(23-2)19(24-3)10-17(15)20/h4-5,8-10H,6-7,11-12,20H2,1-3H3. The van der Waals surface area contributed by atoms with Crippen LogP contribution in [0.25, 0.3) is 0 Å². The van der Waals surface area contributed by atoms with Gasteiger partial charge < -0.3 is 19.9 Å². The molecule has 0 amide bonds. The first kappa shape index (κ1) is 16.5. The molecule has 2 N–H and O–H groups in total. The predicted molar refractivity (Wildman–Crippen MR) is 94.8 cm³/mol. The average molecular weight is 328 g/mol. The first-order valence-electron chi connectivity index (χ1n) is 8.03. The Labute approximate surface area is 142 Å².